The Kier molecular flexibility index (Phi) is 3.04. The highest BCUT2D eigenvalue weighted by atomic mass is 16.5. The smallest absolute Gasteiger partial charge is 0.123 e. The third kappa shape index (κ3) is 2.07. The van der Waals surface area contributed by atoms with Crippen LogP contribution in [0.1, 0.15) is 18.4 Å². The zero-order chi connectivity index (χ0) is 9.80. The Morgan fingerprint density at radius 1 is 1.43 bits per heavy atom. The molecule has 1 aliphatic rings. The summed E-state index contributed by atoms with van der Waals surface area (Å²) in [6.07, 6.45) is 2.67. The molecule has 1 radical (unpaired) electrons. The van der Waals surface area contributed by atoms with Crippen molar-refractivity contribution in [1.29, 1.82) is 0 Å². The van der Waals surface area contributed by atoms with Crippen molar-refractivity contribution in [3.63, 3.8) is 0 Å². The second-order valence-corrected chi connectivity index (χ2v) is 3.72. The zero-order valence-corrected chi connectivity index (χ0v) is 8.62. The predicted molar refractivity (Wildman–Crippen MR) is 56.3 cm³/mol. The molecule has 1 saturated heterocycles. The largest absolute Gasteiger partial charge is 0.496 e. The molecule has 0 aliphatic carbocycles. The van der Waals surface area contributed by atoms with Crippen LogP contribution in [0.4, 0.5) is 0 Å². The number of hydrogen-bond acceptors (Lipinski definition) is 2. The minimum Gasteiger partial charge on any atom is -0.496 e. The zero-order valence-electron chi connectivity index (χ0n) is 8.62. The Morgan fingerprint density at radius 2 is 2.21 bits per heavy atom. The van der Waals surface area contributed by atoms with Crippen molar-refractivity contribution in [2.24, 2.45) is 0 Å². The van der Waals surface area contributed by atoms with E-state index in [0.29, 0.717) is 0 Å². The fourth-order valence-corrected chi connectivity index (χ4v) is 1.95. The third-order valence-corrected chi connectivity index (χ3v) is 2.72. The van der Waals surface area contributed by atoms with Gasteiger partial charge in [-0.3, -0.25) is 4.90 Å². The Morgan fingerprint density at radius 3 is 2.93 bits per heavy atom. The lowest BCUT2D eigenvalue weighted by Gasteiger charge is -2.16. The molecule has 0 saturated carbocycles. The van der Waals surface area contributed by atoms with Gasteiger partial charge in [-0.15, -0.1) is 0 Å². The molecule has 1 aromatic carbocycles. The molecule has 0 aromatic heterocycles. The number of methoxy groups -OCH3 is 1. The van der Waals surface area contributed by atoms with Crippen LogP contribution in [-0.2, 0) is 6.54 Å². The summed E-state index contributed by atoms with van der Waals surface area (Å²) in [5.41, 5.74) is 1.27. The second-order valence-electron chi connectivity index (χ2n) is 3.72. The summed E-state index contributed by atoms with van der Waals surface area (Å²) in [4.78, 5) is 2.47. The Hall–Kier alpha value is -1.02. The van der Waals surface area contributed by atoms with Crippen LogP contribution in [0, 0.1) is 6.07 Å². The van der Waals surface area contributed by atoms with Crippen molar-refractivity contribution in [3.05, 3.63) is 29.8 Å². The highest BCUT2D eigenvalue weighted by molar-refractivity contribution is 5.32. The molecule has 0 N–H and O–H groups in total. The lowest BCUT2D eigenvalue weighted by atomic mass is 10.2. The molecule has 1 aliphatic heterocycles. The number of likely N-dealkylation sites (tertiary alicyclic amines) is 1. The van der Waals surface area contributed by atoms with Crippen molar-refractivity contribution >= 4 is 0 Å². The summed E-state index contributed by atoms with van der Waals surface area (Å²) in [6.45, 7) is 3.46. The van der Waals surface area contributed by atoms with Gasteiger partial charge in [0.15, 0.2) is 0 Å². The van der Waals surface area contributed by atoms with Gasteiger partial charge in [-0.25, -0.2) is 0 Å². The lowest BCUT2D eigenvalue weighted by Crippen LogP contribution is -2.18. The highest BCUT2D eigenvalue weighted by Gasteiger charge is 2.13. The minimum absolute atomic E-state index is 0.958. The monoisotopic (exact) mass is 190 g/mol. The van der Waals surface area contributed by atoms with Crippen molar-refractivity contribution in [3.8, 4) is 5.75 Å². The maximum atomic E-state index is 5.30. The SMILES string of the molecule is COc1c[c]ccc1CN1CCCC1. The maximum Gasteiger partial charge on any atom is 0.123 e. The van der Waals surface area contributed by atoms with Gasteiger partial charge in [-0.1, -0.05) is 12.1 Å². The van der Waals surface area contributed by atoms with Crippen molar-refractivity contribution < 1.29 is 4.74 Å². The Balaban J connectivity index is 2.07. The standard InChI is InChI=1S/C12H16NO/c1-14-12-7-3-2-6-11(12)10-13-8-4-5-9-13/h2,6-7H,4-5,8-10H2,1H3. The van der Waals surface area contributed by atoms with Gasteiger partial charge in [0.05, 0.1) is 7.11 Å². The van der Waals surface area contributed by atoms with Crippen LogP contribution in [0.5, 0.6) is 5.75 Å². The number of nitrogens with zero attached hydrogens (tertiary/aromatic N) is 1. The molecule has 2 nitrogen and oxygen atoms in total. The van der Waals surface area contributed by atoms with Gasteiger partial charge in [-0.2, -0.15) is 0 Å². The van der Waals surface area contributed by atoms with E-state index in [0.717, 1.165) is 12.3 Å². The van der Waals surface area contributed by atoms with E-state index in [4.69, 9.17) is 4.74 Å². The molecule has 0 bridgehead atoms. The average Bonchev–Trinajstić information content (AvgIpc) is 2.71. The van der Waals surface area contributed by atoms with Crippen LogP contribution in [0.2, 0.25) is 0 Å². The normalized spacial score (nSPS) is 17.2. The molecule has 0 amide bonds. The molecule has 75 valence electrons. The molecule has 1 heterocycles. The van der Waals surface area contributed by atoms with Gasteiger partial charge in [-0.05, 0) is 38.1 Å². The molecular formula is C12H16NO. The molecule has 0 spiro atoms. The molecule has 1 fully saturated rings. The van der Waals surface area contributed by atoms with Gasteiger partial charge >= 0.3 is 0 Å². The molecule has 0 unspecified atom stereocenters. The molecule has 0 atom stereocenters. The quantitative estimate of drug-likeness (QED) is 0.723. The maximum absolute atomic E-state index is 5.30. The fourth-order valence-electron chi connectivity index (χ4n) is 1.95. The van der Waals surface area contributed by atoms with Crippen LogP contribution in [-0.4, -0.2) is 25.1 Å². The number of rotatable bonds is 3. The summed E-state index contributed by atoms with van der Waals surface area (Å²) in [6, 6.07) is 8.99. The van der Waals surface area contributed by atoms with Crippen LogP contribution in [0.3, 0.4) is 0 Å². The van der Waals surface area contributed by atoms with E-state index in [9.17, 15) is 0 Å². The van der Waals surface area contributed by atoms with Gasteiger partial charge in [0.25, 0.3) is 0 Å². The van der Waals surface area contributed by atoms with Crippen LogP contribution in [0.25, 0.3) is 0 Å². The summed E-state index contributed by atoms with van der Waals surface area (Å²) in [5.74, 6) is 0.958. The van der Waals surface area contributed by atoms with Gasteiger partial charge < -0.3 is 4.74 Å². The summed E-state index contributed by atoms with van der Waals surface area (Å²) in [5, 5.41) is 0. The van der Waals surface area contributed by atoms with Crippen molar-refractivity contribution in [2.75, 3.05) is 20.2 Å². The second kappa shape index (κ2) is 4.47. The molecule has 14 heavy (non-hydrogen) atoms. The van der Waals surface area contributed by atoms with E-state index in [1.165, 1.54) is 31.5 Å². The van der Waals surface area contributed by atoms with Gasteiger partial charge in [0.1, 0.15) is 5.75 Å². The Bertz CT molecular complexity index is 292. The highest BCUT2D eigenvalue weighted by Crippen LogP contribution is 2.20. The van der Waals surface area contributed by atoms with E-state index < -0.39 is 0 Å². The first-order valence-corrected chi connectivity index (χ1v) is 5.15. The minimum atomic E-state index is 0.958. The predicted octanol–water partition coefficient (Wildman–Crippen LogP) is 2.09. The summed E-state index contributed by atoms with van der Waals surface area (Å²) < 4.78 is 5.30. The summed E-state index contributed by atoms with van der Waals surface area (Å²) in [7, 11) is 1.72. The summed E-state index contributed by atoms with van der Waals surface area (Å²) >= 11 is 0. The number of ether oxygens (including phenoxy) is 1. The lowest BCUT2D eigenvalue weighted by molar-refractivity contribution is 0.321. The van der Waals surface area contributed by atoms with E-state index in [2.05, 4.69) is 17.0 Å². The van der Waals surface area contributed by atoms with Crippen LogP contribution < -0.4 is 4.74 Å². The van der Waals surface area contributed by atoms with Crippen LogP contribution >= 0.6 is 0 Å². The Labute approximate surface area is 85.5 Å². The van der Waals surface area contributed by atoms with Crippen molar-refractivity contribution in [1.82, 2.24) is 4.90 Å². The first-order valence-electron chi connectivity index (χ1n) is 5.15. The first-order chi connectivity index (χ1) is 6.90. The van der Waals surface area contributed by atoms with E-state index in [1.807, 2.05) is 12.1 Å². The van der Waals surface area contributed by atoms with Gasteiger partial charge in [0, 0.05) is 12.1 Å². The number of hydrogen-bond donors (Lipinski definition) is 0. The fraction of sp³-hybridized carbons (Fsp3) is 0.500. The first kappa shape index (κ1) is 9.53. The van der Waals surface area contributed by atoms with E-state index in [-0.39, 0.29) is 0 Å². The number of benzene rings is 1. The molecule has 2 heteroatoms. The molecular weight excluding hydrogens is 174 g/mol. The van der Waals surface area contributed by atoms with Crippen molar-refractivity contribution in [2.45, 2.75) is 19.4 Å². The topological polar surface area (TPSA) is 12.5 Å². The van der Waals surface area contributed by atoms with E-state index >= 15 is 0 Å². The van der Waals surface area contributed by atoms with Crippen LogP contribution in [0.15, 0.2) is 18.2 Å². The molecule has 1 aromatic rings. The molecule has 2 rings (SSSR count). The average molecular weight is 190 g/mol. The third-order valence-electron chi connectivity index (χ3n) is 2.72. The van der Waals surface area contributed by atoms with E-state index in [1.54, 1.807) is 7.11 Å². The van der Waals surface area contributed by atoms with Gasteiger partial charge in [0.2, 0.25) is 0 Å².